The summed E-state index contributed by atoms with van der Waals surface area (Å²) in [6.07, 6.45) is 0.579. The second-order valence-electron chi connectivity index (χ2n) is 5.18. The first-order valence-corrected chi connectivity index (χ1v) is 7.15. The van der Waals surface area contributed by atoms with Crippen molar-refractivity contribution >= 4 is 17.3 Å². The van der Waals surface area contributed by atoms with Gasteiger partial charge in [0.15, 0.2) is 0 Å². The van der Waals surface area contributed by atoms with E-state index in [0.29, 0.717) is 6.42 Å². The molecular weight excluding hydrogens is 248 g/mol. The number of hydrogen-bond donors (Lipinski definition) is 1. The lowest BCUT2D eigenvalue weighted by atomic mass is 9.91. The topological polar surface area (TPSA) is 43.8 Å². The highest BCUT2D eigenvalue weighted by molar-refractivity contribution is 7.07. The highest BCUT2D eigenvalue weighted by Gasteiger charge is 2.40. The first-order valence-electron chi connectivity index (χ1n) is 6.20. The average molecular weight is 268 g/mol. The minimum absolute atomic E-state index is 0.579. The van der Waals surface area contributed by atoms with Crippen LogP contribution in [0.1, 0.15) is 12.5 Å². The fourth-order valence-electron chi connectivity index (χ4n) is 2.41. The third-order valence-corrected chi connectivity index (χ3v) is 4.52. The van der Waals surface area contributed by atoms with E-state index in [9.17, 15) is 9.90 Å². The van der Waals surface area contributed by atoms with Gasteiger partial charge in [-0.2, -0.15) is 11.3 Å². The van der Waals surface area contributed by atoms with E-state index in [4.69, 9.17) is 0 Å². The van der Waals surface area contributed by atoms with Crippen molar-refractivity contribution in [3.8, 4) is 0 Å². The summed E-state index contributed by atoms with van der Waals surface area (Å²) in [5.41, 5.74) is 0.325. The quantitative estimate of drug-likeness (QED) is 0.896. The molecule has 0 aromatic carbocycles. The Bertz CT molecular complexity index is 399. The van der Waals surface area contributed by atoms with Gasteiger partial charge in [0.2, 0.25) is 0 Å². The van der Waals surface area contributed by atoms with Crippen molar-refractivity contribution in [1.29, 1.82) is 0 Å². The van der Waals surface area contributed by atoms with Crippen LogP contribution in [0, 0.1) is 0 Å². The van der Waals surface area contributed by atoms with Crippen LogP contribution in [0.2, 0.25) is 0 Å². The van der Waals surface area contributed by atoms with Gasteiger partial charge in [-0.3, -0.25) is 9.69 Å². The Balaban J connectivity index is 2.13. The molecule has 0 amide bonds. The molecule has 0 spiro atoms. The summed E-state index contributed by atoms with van der Waals surface area (Å²) in [4.78, 5) is 16.0. The Morgan fingerprint density at radius 3 is 2.61 bits per heavy atom. The highest BCUT2D eigenvalue weighted by Crippen LogP contribution is 2.24. The molecule has 0 saturated carbocycles. The van der Waals surface area contributed by atoms with Crippen molar-refractivity contribution in [3.05, 3.63) is 22.4 Å². The lowest BCUT2D eigenvalue weighted by molar-refractivity contribution is -0.151. The van der Waals surface area contributed by atoms with Gasteiger partial charge < -0.3 is 10.0 Å². The third kappa shape index (κ3) is 2.74. The molecule has 1 saturated heterocycles. The van der Waals surface area contributed by atoms with Gasteiger partial charge in [-0.05, 0) is 36.4 Å². The fraction of sp³-hybridized carbons (Fsp3) is 0.615. The smallest absolute Gasteiger partial charge is 0.324 e. The number of nitrogens with zero attached hydrogens (tertiary/aromatic N) is 2. The summed E-state index contributed by atoms with van der Waals surface area (Å²) < 4.78 is 0. The van der Waals surface area contributed by atoms with E-state index in [-0.39, 0.29) is 0 Å². The van der Waals surface area contributed by atoms with Crippen molar-refractivity contribution in [2.45, 2.75) is 18.9 Å². The predicted molar refractivity (Wildman–Crippen MR) is 73.1 cm³/mol. The molecule has 2 rings (SSSR count). The Hall–Kier alpha value is -0.910. The molecule has 100 valence electrons. The molecule has 0 aliphatic carbocycles. The maximum atomic E-state index is 11.7. The minimum atomic E-state index is -0.789. The predicted octanol–water partition coefficient (Wildman–Crippen LogP) is 1.38. The standard InChI is InChI=1S/C13H20N2O2S/c1-13(12(16)17,9-11-3-8-18-10-11)15-6-4-14(2)5-7-15/h3,8,10H,4-7,9H2,1-2H3,(H,16,17). The van der Waals surface area contributed by atoms with Gasteiger partial charge in [-0.1, -0.05) is 0 Å². The summed E-state index contributed by atoms with van der Waals surface area (Å²) in [5, 5.41) is 13.6. The van der Waals surface area contributed by atoms with E-state index in [2.05, 4.69) is 16.8 Å². The molecule has 2 heterocycles. The summed E-state index contributed by atoms with van der Waals surface area (Å²) in [7, 11) is 2.08. The number of hydrogen-bond acceptors (Lipinski definition) is 4. The molecule has 1 unspecified atom stereocenters. The van der Waals surface area contributed by atoms with Crippen LogP contribution in [-0.4, -0.2) is 59.6 Å². The number of thiophene rings is 1. The molecule has 5 heteroatoms. The molecule has 1 aliphatic heterocycles. The number of aliphatic carboxylic acids is 1. The van der Waals surface area contributed by atoms with Crippen molar-refractivity contribution in [3.63, 3.8) is 0 Å². The SMILES string of the molecule is CN1CCN(C(C)(Cc2ccsc2)C(=O)O)CC1. The van der Waals surface area contributed by atoms with Gasteiger partial charge in [0.05, 0.1) is 0 Å². The summed E-state index contributed by atoms with van der Waals surface area (Å²) in [5.74, 6) is -0.724. The molecule has 1 aromatic rings. The molecule has 1 atom stereocenters. The van der Waals surface area contributed by atoms with Gasteiger partial charge in [-0.15, -0.1) is 0 Å². The second kappa shape index (κ2) is 5.38. The molecule has 18 heavy (non-hydrogen) atoms. The lowest BCUT2D eigenvalue weighted by Crippen LogP contribution is -2.59. The molecule has 0 bridgehead atoms. The van der Waals surface area contributed by atoms with Crippen LogP contribution in [-0.2, 0) is 11.2 Å². The van der Waals surface area contributed by atoms with Gasteiger partial charge in [0, 0.05) is 32.6 Å². The van der Waals surface area contributed by atoms with Gasteiger partial charge in [0.25, 0.3) is 0 Å². The first kappa shape index (κ1) is 13.5. The summed E-state index contributed by atoms with van der Waals surface area (Å²) in [6.45, 7) is 5.37. The maximum Gasteiger partial charge on any atom is 0.324 e. The van der Waals surface area contributed by atoms with E-state index < -0.39 is 11.5 Å². The number of carboxylic acid groups (broad SMARTS) is 1. The number of carbonyl (C=O) groups is 1. The first-order chi connectivity index (χ1) is 8.52. The van der Waals surface area contributed by atoms with Crippen LogP contribution in [0.25, 0.3) is 0 Å². The van der Waals surface area contributed by atoms with Crippen molar-refractivity contribution in [2.75, 3.05) is 33.2 Å². The monoisotopic (exact) mass is 268 g/mol. The van der Waals surface area contributed by atoms with Crippen LogP contribution in [0.3, 0.4) is 0 Å². The number of piperazine rings is 1. The van der Waals surface area contributed by atoms with Crippen molar-refractivity contribution < 1.29 is 9.90 Å². The third-order valence-electron chi connectivity index (χ3n) is 3.79. The number of carboxylic acids is 1. The summed E-state index contributed by atoms with van der Waals surface area (Å²) in [6, 6.07) is 2.02. The molecule has 1 aromatic heterocycles. The van der Waals surface area contributed by atoms with E-state index in [1.54, 1.807) is 11.3 Å². The largest absolute Gasteiger partial charge is 0.480 e. The number of rotatable bonds is 4. The van der Waals surface area contributed by atoms with Crippen molar-refractivity contribution in [1.82, 2.24) is 9.80 Å². The van der Waals surface area contributed by atoms with Crippen LogP contribution >= 0.6 is 11.3 Å². The van der Waals surface area contributed by atoms with E-state index in [1.165, 1.54) is 0 Å². The maximum absolute atomic E-state index is 11.7. The van der Waals surface area contributed by atoms with Crippen LogP contribution in [0.4, 0.5) is 0 Å². The van der Waals surface area contributed by atoms with E-state index >= 15 is 0 Å². The number of likely N-dealkylation sites (N-methyl/N-ethyl adjacent to an activating group) is 1. The van der Waals surface area contributed by atoms with E-state index in [1.807, 2.05) is 23.8 Å². The zero-order valence-electron chi connectivity index (χ0n) is 10.9. The molecule has 0 radical (unpaired) electrons. The molecule has 1 aliphatic rings. The average Bonchev–Trinajstić information content (AvgIpc) is 2.82. The van der Waals surface area contributed by atoms with Crippen molar-refractivity contribution in [2.24, 2.45) is 0 Å². The Morgan fingerprint density at radius 2 is 2.11 bits per heavy atom. The summed E-state index contributed by atoms with van der Waals surface area (Å²) >= 11 is 1.62. The van der Waals surface area contributed by atoms with Gasteiger partial charge in [-0.25, -0.2) is 0 Å². The lowest BCUT2D eigenvalue weighted by Gasteiger charge is -2.42. The fourth-order valence-corrected chi connectivity index (χ4v) is 3.08. The van der Waals surface area contributed by atoms with Crippen LogP contribution in [0.15, 0.2) is 16.8 Å². The Kier molecular flexibility index (Phi) is 4.04. The Morgan fingerprint density at radius 1 is 1.44 bits per heavy atom. The van der Waals surface area contributed by atoms with Gasteiger partial charge in [0.1, 0.15) is 5.54 Å². The Labute approximate surface area is 112 Å². The minimum Gasteiger partial charge on any atom is -0.480 e. The normalized spacial score (nSPS) is 21.7. The molecular formula is C13H20N2O2S. The van der Waals surface area contributed by atoms with Crippen LogP contribution < -0.4 is 0 Å². The molecule has 1 N–H and O–H groups in total. The molecule has 1 fully saturated rings. The highest BCUT2D eigenvalue weighted by atomic mass is 32.1. The molecule has 4 nitrogen and oxygen atoms in total. The van der Waals surface area contributed by atoms with E-state index in [0.717, 1.165) is 31.7 Å². The van der Waals surface area contributed by atoms with Gasteiger partial charge >= 0.3 is 5.97 Å². The second-order valence-corrected chi connectivity index (χ2v) is 5.96. The van der Waals surface area contributed by atoms with Crippen LogP contribution in [0.5, 0.6) is 0 Å². The zero-order chi connectivity index (χ0) is 13.2. The zero-order valence-corrected chi connectivity index (χ0v) is 11.7.